The zero-order valence-corrected chi connectivity index (χ0v) is 7.36. The number of carbonyl (C=O) groups excluding carboxylic acids is 2. The van der Waals surface area contributed by atoms with Gasteiger partial charge in [0.05, 0.1) is 11.1 Å². The van der Waals surface area contributed by atoms with Crippen LogP contribution in [0.25, 0.3) is 0 Å². The maximum Gasteiger partial charge on any atom is 0.172 e. The average molecular weight is 192 g/mol. The number of ether oxygens (including phenoxy) is 2. The van der Waals surface area contributed by atoms with Gasteiger partial charge >= 0.3 is 0 Å². The highest BCUT2D eigenvalue weighted by Crippen LogP contribution is 2.35. The highest BCUT2D eigenvalue weighted by molar-refractivity contribution is 5.88. The molecule has 1 aliphatic rings. The van der Waals surface area contributed by atoms with Crippen molar-refractivity contribution in [1.29, 1.82) is 0 Å². The van der Waals surface area contributed by atoms with Crippen LogP contribution in [0, 0.1) is 0 Å². The van der Waals surface area contributed by atoms with Crippen LogP contribution in [0.1, 0.15) is 20.7 Å². The molecule has 0 aliphatic carbocycles. The smallest absolute Gasteiger partial charge is 0.172 e. The van der Waals surface area contributed by atoms with E-state index in [0.29, 0.717) is 48.4 Å². The first kappa shape index (κ1) is 8.74. The molecule has 1 aliphatic heterocycles. The maximum absolute atomic E-state index is 10.7. The topological polar surface area (TPSA) is 52.6 Å². The van der Waals surface area contributed by atoms with E-state index in [2.05, 4.69) is 0 Å². The van der Waals surface area contributed by atoms with Gasteiger partial charge in [-0.25, -0.2) is 0 Å². The highest BCUT2D eigenvalue weighted by atomic mass is 16.6. The molecule has 0 saturated heterocycles. The molecule has 0 saturated carbocycles. The van der Waals surface area contributed by atoms with Crippen LogP contribution in [-0.4, -0.2) is 25.8 Å². The van der Waals surface area contributed by atoms with Crippen molar-refractivity contribution < 1.29 is 19.1 Å². The van der Waals surface area contributed by atoms with Gasteiger partial charge in [0.2, 0.25) is 0 Å². The molecule has 0 N–H and O–H groups in total. The lowest BCUT2D eigenvalue weighted by atomic mass is 10.1. The van der Waals surface area contributed by atoms with Gasteiger partial charge in [0.1, 0.15) is 13.2 Å². The molecule has 4 nitrogen and oxygen atoms in total. The van der Waals surface area contributed by atoms with E-state index < -0.39 is 0 Å². The van der Waals surface area contributed by atoms with Crippen LogP contribution in [0.4, 0.5) is 0 Å². The van der Waals surface area contributed by atoms with E-state index in [-0.39, 0.29) is 0 Å². The van der Waals surface area contributed by atoms with Crippen molar-refractivity contribution in [3.63, 3.8) is 0 Å². The molecule has 0 atom stereocenters. The fourth-order valence-electron chi connectivity index (χ4n) is 1.36. The molecular weight excluding hydrogens is 184 g/mol. The molecule has 0 aromatic heterocycles. The van der Waals surface area contributed by atoms with Crippen LogP contribution < -0.4 is 9.47 Å². The molecule has 0 spiro atoms. The quantitative estimate of drug-likeness (QED) is 0.658. The second-order valence-electron chi connectivity index (χ2n) is 2.83. The van der Waals surface area contributed by atoms with Crippen LogP contribution in [0.15, 0.2) is 12.1 Å². The minimum absolute atomic E-state index is 0.371. The van der Waals surface area contributed by atoms with Crippen LogP contribution in [0.2, 0.25) is 0 Å². The van der Waals surface area contributed by atoms with Crippen molar-refractivity contribution in [1.82, 2.24) is 0 Å². The van der Waals surface area contributed by atoms with Gasteiger partial charge in [0.25, 0.3) is 0 Å². The van der Waals surface area contributed by atoms with Gasteiger partial charge in [-0.05, 0) is 12.1 Å². The first-order valence-electron chi connectivity index (χ1n) is 4.20. The van der Waals surface area contributed by atoms with E-state index in [9.17, 15) is 9.59 Å². The number of rotatable bonds is 2. The fourth-order valence-corrected chi connectivity index (χ4v) is 1.36. The summed E-state index contributed by atoms with van der Waals surface area (Å²) < 4.78 is 10.5. The largest absolute Gasteiger partial charge is 0.485 e. The van der Waals surface area contributed by atoms with E-state index >= 15 is 0 Å². The Balaban J connectivity index is 2.61. The molecule has 4 heteroatoms. The number of aldehydes is 2. The van der Waals surface area contributed by atoms with E-state index in [1.54, 1.807) is 12.1 Å². The minimum Gasteiger partial charge on any atom is -0.485 e. The number of hydrogen-bond acceptors (Lipinski definition) is 4. The predicted octanol–water partition coefficient (Wildman–Crippen LogP) is 1.08. The number of fused-ring (bicyclic) bond motifs is 1. The predicted molar refractivity (Wildman–Crippen MR) is 48.2 cm³/mol. The molecule has 0 fully saturated rings. The Hall–Kier alpha value is -1.84. The van der Waals surface area contributed by atoms with Gasteiger partial charge in [-0.1, -0.05) is 0 Å². The minimum atomic E-state index is 0.371. The normalized spacial score (nSPS) is 13.4. The lowest BCUT2D eigenvalue weighted by Crippen LogP contribution is -2.17. The fraction of sp³-hybridized carbons (Fsp3) is 0.200. The summed E-state index contributed by atoms with van der Waals surface area (Å²) >= 11 is 0. The van der Waals surface area contributed by atoms with Crippen LogP contribution in [-0.2, 0) is 0 Å². The third kappa shape index (κ3) is 1.25. The van der Waals surface area contributed by atoms with E-state index in [0.717, 1.165) is 0 Å². The summed E-state index contributed by atoms with van der Waals surface area (Å²) in [6, 6.07) is 3.09. The Kier molecular flexibility index (Phi) is 2.18. The summed E-state index contributed by atoms with van der Waals surface area (Å²) in [6.07, 6.45) is 1.37. The summed E-state index contributed by atoms with van der Waals surface area (Å²) in [5, 5.41) is 0. The lowest BCUT2D eigenvalue weighted by molar-refractivity contribution is 0.109. The molecule has 1 aromatic rings. The molecular formula is C10H8O4. The number of carbonyl (C=O) groups is 2. The Morgan fingerprint density at radius 1 is 0.929 bits per heavy atom. The van der Waals surface area contributed by atoms with E-state index in [1.807, 2.05) is 0 Å². The molecule has 72 valence electrons. The molecule has 1 aromatic carbocycles. The second-order valence-corrected chi connectivity index (χ2v) is 2.83. The van der Waals surface area contributed by atoms with Crippen molar-refractivity contribution in [3.05, 3.63) is 23.3 Å². The molecule has 0 radical (unpaired) electrons. The average Bonchev–Trinajstić information content (AvgIpc) is 2.27. The summed E-state index contributed by atoms with van der Waals surface area (Å²) in [4.78, 5) is 21.3. The van der Waals surface area contributed by atoms with E-state index in [1.165, 1.54) is 0 Å². The van der Waals surface area contributed by atoms with Crippen LogP contribution in [0.3, 0.4) is 0 Å². The Bertz CT molecular complexity index is 347. The molecule has 2 rings (SSSR count). The Morgan fingerprint density at radius 3 is 1.71 bits per heavy atom. The van der Waals surface area contributed by atoms with Gasteiger partial charge in [0.15, 0.2) is 24.1 Å². The lowest BCUT2D eigenvalue weighted by Gasteiger charge is -2.20. The van der Waals surface area contributed by atoms with Crippen LogP contribution >= 0.6 is 0 Å². The summed E-state index contributed by atoms with van der Waals surface area (Å²) in [7, 11) is 0. The third-order valence-electron chi connectivity index (χ3n) is 2.00. The summed E-state index contributed by atoms with van der Waals surface area (Å²) in [5.41, 5.74) is 0.815. The monoisotopic (exact) mass is 192 g/mol. The molecule has 0 amide bonds. The Morgan fingerprint density at radius 2 is 1.36 bits per heavy atom. The molecule has 1 heterocycles. The van der Waals surface area contributed by atoms with Crippen molar-refractivity contribution in [2.24, 2.45) is 0 Å². The van der Waals surface area contributed by atoms with Crippen LogP contribution in [0.5, 0.6) is 11.5 Å². The third-order valence-corrected chi connectivity index (χ3v) is 2.00. The van der Waals surface area contributed by atoms with E-state index in [4.69, 9.17) is 9.47 Å². The summed E-state index contributed by atoms with van der Waals surface area (Å²) in [6.45, 7) is 0.798. The first-order chi connectivity index (χ1) is 6.86. The van der Waals surface area contributed by atoms with Gasteiger partial charge in [-0.3, -0.25) is 9.59 Å². The van der Waals surface area contributed by atoms with Crippen molar-refractivity contribution in [2.75, 3.05) is 13.2 Å². The van der Waals surface area contributed by atoms with Crippen molar-refractivity contribution in [3.8, 4) is 11.5 Å². The van der Waals surface area contributed by atoms with Crippen molar-refractivity contribution in [2.45, 2.75) is 0 Å². The number of benzene rings is 1. The second kappa shape index (κ2) is 3.49. The van der Waals surface area contributed by atoms with Gasteiger partial charge in [-0.15, -0.1) is 0 Å². The highest BCUT2D eigenvalue weighted by Gasteiger charge is 2.19. The first-order valence-corrected chi connectivity index (χ1v) is 4.20. The SMILES string of the molecule is O=Cc1ccc(C=O)c2c1OCCO2. The molecule has 14 heavy (non-hydrogen) atoms. The molecule has 0 bridgehead atoms. The van der Waals surface area contributed by atoms with Gasteiger partial charge < -0.3 is 9.47 Å². The Labute approximate surface area is 80.4 Å². The van der Waals surface area contributed by atoms with Gasteiger partial charge in [-0.2, -0.15) is 0 Å². The number of hydrogen-bond donors (Lipinski definition) is 0. The van der Waals surface area contributed by atoms with Gasteiger partial charge in [0, 0.05) is 0 Å². The van der Waals surface area contributed by atoms with Crippen molar-refractivity contribution >= 4 is 12.6 Å². The maximum atomic E-state index is 10.7. The zero-order chi connectivity index (χ0) is 9.97. The summed E-state index contributed by atoms with van der Waals surface area (Å²) in [5.74, 6) is 0.742. The molecule has 0 unspecified atom stereocenters. The zero-order valence-electron chi connectivity index (χ0n) is 7.36. The standard InChI is InChI=1S/C10H8O4/c11-5-7-1-2-8(6-12)10-9(7)13-3-4-14-10/h1-2,5-6H,3-4H2.